The second-order valence-electron chi connectivity index (χ2n) is 10.8. The van der Waals surface area contributed by atoms with E-state index >= 15 is 0 Å². The molecule has 216 valence electrons. The molecule has 4 atom stereocenters. The molecule has 1 fully saturated rings. The molecule has 41 heavy (non-hydrogen) atoms. The average molecular weight is 559 g/mol. The van der Waals surface area contributed by atoms with E-state index in [0.717, 1.165) is 17.5 Å². The lowest BCUT2D eigenvalue weighted by Crippen LogP contribution is -2.56. The third-order valence-electron chi connectivity index (χ3n) is 7.67. The highest BCUT2D eigenvalue weighted by Gasteiger charge is 2.56. The molecule has 3 N–H and O–H groups in total. The highest BCUT2D eigenvalue weighted by atomic mass is 16.5. The van der Waals surface area contributed by atoms with Gasteiger partial charge in [0.2, 0.25) is 11.8 Å². The number of carbonyl (C=O) groups excluding carboxylic acids is 3. The lowest BCUT2D eigenvalue weighted by Gasteiger charge is -2.44. The zero-order valence-electron chi connectivity index (χ0n) is 24.2. The summed E-state index contributed by atoms with van der Waals surface area (Å²) in [4.78, 5) is 41.5. The summed E-state index contributed by atoms with van der Waals surface area (Å²) >= 11 is 0. The molecule has 8 heteroatoms. The highest BCUT2D eigenvalue weighted by molar-refractivity contribution is 6.10. The van der Waals surface area contributed by atoms with Crippen LogP contribution in [-0.4, -0.2) is 42.0 Å². The number of Topliss-reactive ketones (excluding diaryl/α,β-unsaturated/α-hetero) is 1. The van der Waals surface area contributed by atoms with E-state index in [0.29, 0.717) is 35.0 Å². The van der Waals surface area contributed by atoms with E-state index in [4.69, 9.17) is 9.47 Å². The molecule has 8 nitrogen and oxygen atoms in total. The third kappa shape index (κ3) is 6.43. The Morgan fingerprint density at radius 1 is 0.927 bits per heavy atom. The molecule has 3 aromatic carbocycles. The van der Waals surface area contributed by atoms with Crippen LogP contribution in [0.2, 0.25) is 0 Å². The van der Waals surface area contributed by atoms with Crippen molar-refractivity contribution in [3.8, 4) is 11.5 Å². The van der Waals surface area contributed by atoms with Crippen molar-refractivity contribution >= 4 is 29.0 Å². The van der Waals surface area contributed by atoms with Gasteiger partial charge in [0.15, 0.2) is 11.5 Å². The lowest BCUT2D eigenvalue weighted by atomic mass is 9.61. The number of aliphatic hydroxyl groups is 1. The fourth-order valence-corrected chi connectivity index (χ4v) is 5.56. The fourth-order valence-electron chi connectivity index (χ4n) is 5.56. The van der Waals surface area contributed by atoms with Crippen LogP contribution in [0, 0.1) is 25.7 Å². The van der Waals surface area contributed by atoms with E-state index in [1.807, 2.05) is 45.0 Å². The minimum Gasteiger partial charge on any atom is -0.493 e. The molecule has 0 aliphatic heterocycles. The number of amides is 2. The van der Waals surface area contributed by atoms with Crippen molar-refractivity contribution in [1.29, 1.82) is 0 Å². The number of rotatable bonds is 9. The van der Waals surface area contributed by atoms with E-state index in [1.54, 1.807) is 42.5 Å². The summed E-state index contributed by atoms with van der Waals surface area (Å²) in [5.41, 5.74) is 1.62. The molecule has 3 aromatic rings. The van der Waals surface area contributed by atoms with Gasteiger partial charge in [-0.05, 0) is 68.1 Å². The van der Waals surface area contributed by atoms with Gasteiger partial charge in [0.05, 0.1) is 25.2 Å². The summed E-state index contributed by atoms with van der Waals surface area (Å²) in [7, 11) is 1.50. The first kappa shape index (κ1) is 29.8. The Bertz CT molecular complexity index is 1430. The monoisotopic (exact) mass is 558 g/mol. The summed E-state index contributed by atoms with van der Waals surface area (Å²) in [6.07, 6.45) is 0.448. The van der Waals surface area contributed by atoms with Gasteiger partial charge in [-0.15, -0.1) is 0 Å². The van der Waals surface area contributed by atoms with Crippen LogP contribution in [0.3, 0.4) is 0 Å². The summed E-state index contributed by atoms with van der Waals surface area (Å²) in [5, 5.41) is 17.4. The molecular weight excluding hydrogens is 520 g/mol. The number of ether oxygens (including phenoxy) is 2. The topological polar surface area (TPSA) is 114 Å². The predicted molar refractivity (Wildman–Crippen MR) is 158 cm³/mol. The molecule has 0 heterocycles. The molecule has 0 spiro atoms. The Morgan fingerprint density at radius 2 is 1.51 bits per heavy atom. The van der Waals surface area contributed by atoms with E-state index in [9.17, 15) is 19.5 Å². The SMILES string of the molecule is CCCOc1ccc(C2C(C(=O)Nc3ccccc3C)C(=O)CC(C)(O)C2C(=O)Nc2ccccc2C)cc1OC. The van der Waals surface area contributed by atoms with Crippen molar-refractivity contribution in [3.05, 3.63) is 83.4 Å². The van der Waals surface area contributed by atoms with Crippen LogP contribution in [0.5, 0.6) is 11.5 Å². The Labute approximate surface area is 241 Å². The smallest absolute Gasteiger partial charge is 0.235 e. The predicted octanol–water partition coefficient (Wildman–Crippen LogP) is 5.42. The van der Waals surface area contributed by atoms with Gasteiger partial charge in [-0.25, -0.2) is 0 Å². The zero-order chi connectivity index (χ0) is 29.7. The van der Waals surface area contributed by atoms with Crippen molar-refractivity contribution in [2.75, 3.05) is 24.4 Å². The molecule has 1 aliphatic rings. The van der Waals surface area contributed by atoms with Gasteiger partial charge in [0.1, 0.15) is 11.7 Å². The number of ketones is 1. The largest absolute Gasteiger partial charge is 0.493 e. The second-order valence-corrected chi connectivity index (χ2v) is 10.8. The molecule has 1 aliphatic carbocycles. The number of anilines is 2. The van der Waals surface area contributed by atoms with Crippen LogP contribution in [0.15, 0.2) is 66.7 Å². The van der Waals surface area contributed by atoms with Gasteiger partial charge in [-0.2, -0.15) is 0 Å². The molecule has 1 saturated carbocycles. The second kappa shape index (κ2) is 12.6. The third-order valence-corrected chi connectivity index (χ3v) is 7.67. The number of hydrogen-bond acceptors (Lipinski definition) is 6. The van der Waals surface area contributed by atoms with Crippen LogP contribution < -0.4 is 20.1 Å². The maximum Gasteiger partial charge on any atom is 0.235 e. The first-order valence-corrected chi connectivity index (χ1v) is 13.9. The molecule has 0 aromatic heterocycles. The number of nitrogens with one attached hydrogen (secondary N) is 2. The number of methoxy groups -OCH3 is 1. The van der Waals surface area contributed by atoms with Gasteiger partial charge in [-0.1, -0.05) is 49.4 Å². The van der Waals surface area contributed by atoms with Crippen LogP contribution in [0.1, 0.15) is 49.3 Å². The minimum atomic E-state index is -1.72. The van der Waals surface area contributed by atoms with Gasteiger partial charge in [0, 0.05) is 23.7 Å². The summed E-state index contributed by atoms with van der Waals surface area (Å²) in [6, 6.07) is 19.7. The van der Waals surface area contributed by atoms with Crippen molar-refractivity contribution in [3.63, 3.8) is 0 Å². The Morgan fingerprint density at radius 3 is 2.07 bits per heavy atom. The summed E-state index contributed by atoms with van der Waals surface area (Å²) in [5.74, 6) is -3.93. The maximum atomic E-state index is 14.0. The number of carbonyl (C=O) groups is 3. The van der Waals surface area contributed by atoms with Crippen LogP contribution in [0.25, 0.3) is 0 Å². The Balaban J connectivity index is 1.83. The van der Waals surface area contributed by atoms with Crippen LogP contribution in [-0.2, 0) is 14.4 Å². The minimum absolute atomic E-state index is 0.351. The normalized spacial score (nSPS) is 22.1. The molecule has 0 saturated heterocycles. The van der Waals surface area contributed by atoms with Crippen molar-refractivity contribution < 1.29 is 29.0 Å². The Kier molecular flexibility index (Phi) is 9.13. The van der Waals surface area contributed by atoms with Crippen LogP contribution >= 0.6 is 0 Å². The van der Waals surface area contributed by atoms with Gasteiger partial charge in [-0.3, -0.25) is 14.4 Å². The standard InChI is InChI=1S/C33H38N2O6/c1-6-17-41-26-16-15-22(18-27(26)40-5)28-29(31(37)34-23-13-9-7-11-20(23)2)25(36)19-33(4,39)30(28)32(38)35-24-14-10-8-12-21(24)3/h7-16,18,28-30,39H,6,17,19H2,1-5H3,(H,34,37)(H,35,38). The number of benzene rings is 3. The summed E-state index contributed by atoms with van der Waals surface area (Å²) in [6.45, 7) is 7.68. The van der Waals surface area contributed by atoms with E-state index in [1.165, 1.54) is 14.0 Å². The van der Waals surface area contributed by atoms with Gasteiger partial charge in [0.25, 0.3) is 0 Å². The number of hydrogen-bond donors (Lipinski definition) is 3. The first-order valence-electron chi connectivity index (χ1n) is 13.9. The first-order chi connectivity index (χ1) is 19.6. The number of aryl methyl sites for hydroxylation is 2. The quantitative estimate of drug-likeness (QED) is 0.302. The molecule has 0 radical (unpaired) electrons. The molecule has 4 rings (SSSR count). The van der Waals surface area contributed by atoms with E-state index < -0.39 is 41.0 Å². The van der Waals surface area contributed by atoms with Crippen molar-refractivity contribution in [1.82, 2.24) is 0 Å². The molecular formula is C33H38N2O6. The highest BCUT2D eigenvalue weighted by Crippen LogP contribution is 2.48. The van der Waals surface area contributed by atoms with Gasteiger partial charge < -0.3 is 25.2 Å². The molecule has 2 amide bonds. The Hall–Kier alpha value is -4.17. The van der Waals surface area contributed by atoms with Crippen molar-refractivity contribution in [2.24, 2.45) is 11.8 Å². The summed E-state index contributed by atoms with van der Waals surface area (Å²) < 4.78 is 11.4. The van der Waals surface area contributed by atoms with E-state index in [-0.39, 0.29) is 6.42 Å². The van der Waals surface area contributed by atoms with E-state index in [2.05, 4.69) is 10.6 Å². The molecule has 0 bridgehead atoms. The molecule has 4 unspecified atom stereocenters. The zero-order valence-corrected chi connectivity index (χ0v) is 24.2. The average Bonchev–Trinajstić information content (AvgIpc) is 2.93. The van der Waals surface area contributed by atoms with Gasteiger partial charge >= 0.3 is 0 Å². The number of para-hydroxylation sites is 2. The van der Waals surface area contributed by atoms with Crippen molar-refractivity contribution in [2.45, 2.75) is 52.1 Å². The van der Waals surface area contributed by atoms with Crippen LogP contribution in [0.4, 0.5) is 11.4 Å². The fraction of sp³-hybridized carbons (Fsp3) is 0.364. The lowest BCUT2D eigenvalue weighted by molar-refractivity contribution is -0.150. The maximum absolute atomic E-state index is 14.0.